The SMILES string of the molecule is Cc1ccc(CNC(=O)CSc2n[nH]c(=O)[nH]c2=O)cc1. The molecule has 8 heteroatoms. The van der Waals surface area contributed by atoms with Crippen LogP contribution in [0.25, 0.3) is 0 Å². The number of nitrogens with one attached hydrogen (secondary N) is 3. The minimum Gasteiger partial charge on any atom is -0.351 e. The second-order valence-electron chi connectivity index (χ2n) is 4.36. The maximum absolute atomic E-state index is 11.7. The molecule has 0 aliphatic heterocycles. The van der Waals surface area contributed by atoms with Crippen LogP contribution in [0.3, 0.4) is 0 Å². The number of hydrogen-bond donors (Lipinski definition) is 3. The van der Waals surface area contributed by atoms with Crippen molar-refractivity contribution in [3.8, 4) is 0 Å². The van der Waals surface area contributed by atoms with E-state index in [0.29, 0.717) is 6.54 Å². The van der Waals surface area contributed by atoms with Crippen LogP contribution in [0, 0.1) is 6.92 Å². The van der Waals surface area contributed by atoms with Crippen molar-refractivity contribution in [1.29, 1.82) is 0 Å². The molecular formula is C13H14N4O3S. The molecule has 0 saturated heterocycles. The van der Waals surface area contributed by atoms with Gasteiger partial charge in [-0.05, 0) is 12.5 Å². The van der Waals surface area contributed by atoms with E-state index in [4.69, 9.17) is 0 Å². The van der Waals surface area contributed by atoms with Gasteiger partial charge in [0, 0.05) is 6.54 Å². The van der Waals surface area contributed by atoms with Gasteiger partial charge in [0.2, 0.25) is 5.91 Å². The van der Waals surface area contributed by atoms with E-state index in [0.717, 1.165) is 22.9 Å². The van der Waals surface area contributed by atoms with Crippen LogP contribution in [-0.4, -0.2) is 26.8 Å². The molecule has 7 nitrogen and oxygen atoms in total. The van der Waals surface area contributed by atoms with Crippen molar-refractivity contribution in [3.05, 3.63) is 56.2 Å². The van der Waals surface area contributed by atoms with E-state index in [2.05, 4.69) is 15.5 Å². The average Bonchev–Trinajstić information content (AvgIpc) is 2.46. The first-order valence-corrected chi connectivity index (χ1v) is 7.17. The Balaban J connectivity index is 1.83. The summed E-state index contributed by atoms with van der Waals surface area (Å²) in [5.74, 6) is -0.165. The van der Waals surface area contributed by atoms with E-state index < -0.39 is 11.2 Å². The lowest BCUT2D eigenvalue weighted by Crippen LogP contribution is -2.27. The summed E-state index contributed by atoms with van der Waals surface area (Å²) in [6.45, 7) is 2.42. The van der Waals surface area contributed by atoms with Crippen LogP contribution in [0.5, 0.6) is 0 Å². The molecule has 1 aromatic carbocycles. The molecule has 0 atom stereocenters. The summed E-state index contributed by atoms with van der Waals surface area (Å²) < 4.78 is 0. The Bertz CT molecular complexity index is 736. The molecule has 0 radical (unpaired) electrons. The first-order chi connectivity index (χ1) is 10.0. The summed E-state index contributed by atoms with van der Waals surface area (Å²) in [6, 6.07) is 7.83. The van der Waals surface area contributed by atoms with Crippen LogP contribution in [0.4, 0.5) is 0 Å². The predicted octanol–water partition coefficient (Wildman–Crippen LogP) is 0.175. The Hall–Kier alpha value is -2.35. The van der Waals surface area contributed by atoms with Gasteiger partial charge in [0.1, 0.15) is 0 Å². The highest BCUT2D eigenvalue weighted by Gasteiger charge is 2.07. The Morgan fingerprint density at radius 1 is 1.29 bits per heavy atom. The maximum atomic E-state index is 11.7. The van der Waals surface area contributed by atoms with Crippen molar-refractivity contribution in [2.45, 2.75) is 18.5 Å². The molecule has 0 bridgehead atoms. The van der Waals surface area contributed by atoms with Crippen LogP contribution < -0.4 is 16.6 Å². The molecule has 0 aliphatic carbocycles. The van der Waals surface area contributed by atoms with Crippen LogP contribution in [0.2, 0.25) is 0 Å². The summed E-state index contributed by atoms with van der Waals surface area (Å²) in [5.41, 5.74) is 0.881. The molecule has 1 aromatic heterocycles. The van der Waals surface area contributed by atoms with Gasteiger partial charge in [-0.25, -0.2) is 9.89 Å². The average molecular weight is 306 g/mol. The minimum atomic E-state index is -0.673. The zero-order valence-electron chi connectivity index (χ0n) is 11.3. The highest BCUT2D eigenvalue weighted by Crippen LogP contribution is 2.08. The normalized spacial score (nSPS) is 10.3. The number of aryl methyl sites for hydroxylation is 1. The van der Waals surface area contributed by atoms with E-state index in [9.17, 15) is 14.4 Å². The summed E-state index contributed by atoms with van der Waals surface area (Å²) in [7, 11) is 0. The standard InChI is InChI=1S/C13H14N4O3S/c1-8-2-4-9(5-3-8)6-14-10(18)7-21-12-11(19)15-13(20)17-16-12/h2-5H,6-7H2,1H3,(H,14,18)(H2,15,17,19,20). The van der Waals surface area contributed by atoms with E-state index in [-0.39, 0.29) is 16.7 Å². The van der Waals surface area contributed by atoms with Gasteiger partial charge in [-0.1, -0.05) is 41.6 Å². The molecule has 0 saturated carbocycles. The molecule has 21 heavy (non-hydrogen) atoms. The zero-order valence-corrected chi connectivity index (χ0v) is 12.1. The molecule has 1 heterocycles. The summed E-state index contributed by atoms with van der Waals surface area (Å²) in [6.07, 6.45) is 0. The van der Waals surface area contributed by atoms with Crippen molar-refractivity contribution in [2.24, 2.45) is 0 Å². The van der Waals surface area contributed by atoms with Crippen LogP contribution >= 0.6 is 11.8 Å². The van der Waals surface area contributed by atoms with Crippen molar-refractivity contribution in [1.82, 2.24) is 20.5 Å². The first-order valence-electron chi connectivity index (χ1n) is 6.18. The summed E-state index contributed by atoms with van der Waals surface area (Å²) in [4.78, 5) is 35.9. The quantitative estimate of drug-likeness (QED) is 0.683. The molecule has 1 amide bonds. The number of rotatable bonds is 5. The third kappa shape index (κ3) is 4.60. The highest BCUT2D eigenvalue weighted by atomic mass is 32.2. The number of aromatic amines is 2. The summed E-state index contributed by atoms with van der Waals surface area (Å²) in [5, 5.41) is 8.50. The Labute approximate surface area is 124 Å². The number of carbonyl (C=O) groups is 1. The molecule has 110 valence electrons. The molecule has 0 aliphatic rings. The van der Waals surface area contributed by atoms with Gasteiger partial charge in [0.05, 0.1) is 5.75 Å². The third-order valence-corrected chi connectivity index (χ3v) is 3.59. The number of carbonyl (C=O) groups excluding carboxylic acids is 1. The first kappa shape index (κ1) is 15.0. The van der Waals surface area contributed by atoms with E-state index in [1.807, 2.05) is 36.2 Å². The molecule has 0 fully saturated rings. The van der Waals surface area contributed by atoms with Gasteiger partial charge < -0.3 is 5.32 Å². The number of hydrogen-bond acceptors (Lipinski definition) is 5. The Morgan fingerprint density at radius 3 is 2.67 bits per heavy atom. The molecular weight excluding hydrogens is 292 g/mol. The fourth-order valence-corrected chi connectivity index (χ4v) is 2.19. The molecule has 0 spiro atoms. The number of aromatic nitrogens is 3. The van der Waals surface area contributed by atoms with Gasteiger partial charge in [-0.15, -0.1) is 0 Å². The van der Waals surface area contributed by atoms with Crippen molar-refractivity contribution in [2.75, 3.05) is 5.75 Å². The van der Waals surface area contributed by atoms with Gasteiger partial charge in [0.15, 0.2) is 5.03 Å². The molecule has 0 unspecified atom stereocenters. The second-order valence-corrected chi connectivity index (χ2v) is 5.33. The highest BCUT2D eigenvalue weighted by molar-refractivity contribution is 7.99. The Kier molecular flexibility index (Phi) is 4.94. The maximum Gasteiger partial charge on any atom is 0.342 e. The predicted molar refractivity (Wildman–Crippen MR) is 79.2 cm³/mol. The molecule has 3 N–H and O–H groups in total. The topological polar surface area (TPSA) is 108 Å². The van der Waals surface area contributed by atoms with Gasteiger partial charge in [0.25, 0.3) is 5.56 Å². The molecule has 2 rings (SSSR count). The number of nitrogens with zero attached hydrogens (tertiary/aromatic N) is 1. The number of H-pyrrole nitrogens is 2. The fraction of sp³-hybridized carbons (Fsp3) is 0.231. The van der Waals surface area contributed by atoms with E-state index in [1.165, 1.54) is 0 Å². The lowest BCUT2D eigenvalue weighted by Gasteiger charge is -2.05. The zero-order chi connectivity index (χ0) is 15.2. The smallest absolute Gasteiger partial charge is 0.342 e. The van der Waals surface area contributed by atoms with Gasteiger partial charge in [-0.2, -0.15) is 5.10 Å². The fourth-order valence-electron chi connectivity index (χ4n) is 1.53. The van der Waals surface area contributed by atoms with Crippen molar-refractivity contribution in [3.63, 3.8) is 0 Å². The van der Waals surface area contributed by atoms with E-state index >= 15 is 0 Å². The third-order valence-electron chi connectivity index (χ3n) is 2.63. The van der Waals surface area contributed by atoms with Crippen LogP contribution in [0.15, 0.2) is 38.9 Å². The Morgan fingerprint density at radius 2 is 2.00 bits per heavy atom. The lowest BCUT2D eigenvalue weighted by molar-refractivity contribution is -0.118. The van der Waals surface area contributed by atoms with Crippen molar-refractivity contribution < 1.29 is 4.79 Å². The van der Waals surface area contributed by atoms with Crippen LogP contribution in [0.1, 0.15) is 11.1 Å². The van der Waals surface area contributed by atoms with Crippen molar-refractivity contribution >= 4 is 17.7 Å². The van der Waals surface area contributed by atoms with Crippen LogP contribution in [-0.2, 0) is 11.3 Å². The van der Waals surface area contributed by atoms with E-state index in [1.54, 1.807) is 0 Å². The number of thioether (sulfide) groups is 1. The largest absolute Gasteiger partial charge is 0.351 e. The lowest BCUT2D eigenvalue weighted by atomic mass is 10.1. The number of benzene rings is 1. The number of amides is 1. The van der Waals surface area contributed by atoms with Gasteiger partial charge >= 0.3 is 5.69 Å². The second kappa shape index (κ2) is 6.89. The monoisotopic (exact) mass is 306 g/mol. The summed E-state index contributed by atoms with van der Waals surface area (Å²) >= 11 is 0.964. The molecule has 2 aromatic rings. The minimum absolute atomic E-state index is 0.0496. The van der Waals surface area contributed by atoms with Gasteiger partial charge in [-0.3, -0.25) is 14.6 Å².